The van der Waals surface area contributed by atoms with Crippen molar-refractivity contribution in [2.24, 2.45) is 11.7 Å². The van der Waals surface area contributed by atoms with Crippen molar-refractivity contribution < 1.29 is 19.1 Å². The molecule has 0 bridgehead atoms. The van der Waals surface area contributed by atoms with Gasteiger partial charge in [0.15, 0.2) is 0 Å². The summed E-state index contributed by atoms with van der Waals surface area (Å²) in [6.07, 6.45) is 6.24. The fourth-order valence-electron chi connectivity index (χ4n) is 5.66. The third-order valence-corrected chi connectivity index (χ3v) is 7.58. The molecule has 3 aliphatic rings. The Kier molecular flexibility index (Phi) is 6.17. The van der Waals surface area contributed by atoms with Crippen molar-refractivity contribution in [3.63, 3.8) is 0 Å². The van der Waals surface area contributed by atoms with Gasteiger partial charge >= 0.3 is 0 Å². The van der Waals surface area contributed by atoms with Crippen LogP contribution < -0.4 is 20.5 Å². The molecule has 3 heterocycles. The summed E-state index contributed by atoms with van der Waals surface area (Å²) in [7, 11) is 3.30. The summed E-state index contributed by atoms with van der Waals surface area (Å²) < 4.78 is 13.4. The van der Waals surface area contributed by atoms with Gasteiger partial charge in [-0.25, -0.2) is 4.68 Å². The van der Waals surface area contributed by atoms with Crippen LogP contribution in [-0.4, -0.2) is 60.3 Å². The number of hydrogen-bond acceptors (Lipinski definition) is 6. The molecule has 9 nitrogen and oxygen atoms in total. The first-order chi connectivity index (χ1) is 17.0. The van der Waals surface area contributed by atoms with Crippen molar-refractivity contribution in [2.45, 2.75) is 44.1 Å². The van der Waals surface area contributed by atoms with Crippen molar-refractivity contribution in [2.75, 3.05) is 39.2 Å². The quantitative estimate of drug-likeness (QED) is 0.589. The molecule has 1 atom stereocenters. The molecule has 1 saturated heterocycles. The highest BCUT2D eigenvalue weighted by molar-refractivity contribution is 6.04. The third-order valence-electron chi connectivity index (χ3n) is 7.58. The molecule has 1 aliphatic carbocycles. The molecule has 2 aliphatic heterocycles. The Morgan fingerprint density at radius 1 is 1.11 bits per heavy atom. The first-order valence-corrected chi connectivity index (χ1v) is 12.3. The van der Waals surface area contributed by atoms with Crippen molar-refractivity contribution in [3.8, 4) is 22.8 Å². The lowest BCUT2D eigenvalue weighted by Gasteiger charge is -2.38. The SMILES string of the molecule is C=CC(=O)N1CCC([C@H]2CCNc3c(C(N)=O)c(-c4cc(OC)c(C5CC5)c(OC)c4)nn32)CC1. The predicted molar refractivity (Wildman–Crippen MR) is 133 cm³/mol. The van der Waals surface area contributed by atoms with Gasteiger partial charge < -0.3 is 25.4 Å². The number of anilines is 1. The van der Waals surface area contributed by atoms with Crippen molar-refractivity contribution in [3.05, 3.63) is 35.9 Å². The molecule has 186 valence electrons. The number of methoxy groups -OCH3 is 2. The number of carbonyl (C=O) groups excluding carboxylic acids is 2. The van der Waals surface area contributed by atoms with Crippen molar-refractivity contribution in [1.82, 2.24) is 14.7 Å². The third kappa shape index (κ3) is 4.13. The summed E-state index contributed by atoms with van der Waals surface area (Å²) in [5, 5.41) is 8.32. The normalized spacial score (nSPS) is 20.1. The van der Waals surface area contributed by atoms with Crippen molar-refractivity contribution in [1.29, 1.82) is 0 Å². The summed E-state index contributed by atoms with van der Waals surface area (Å²) in [5.74, 6) is 2.38. The standard InChI is InChI=1S/C26H33N5O4/c1-4-21(32)30-11-8-15(9-12-30)18-7-10-28-26-23(25(27)33)24(29-31(18)26)17-13-19(34-2)22(16-5-6-16)20(14-17)35-3/h4,13-16,18,28H,1,5-12H2,2-3H3,(H2,27,33)/t18-/m1/s1. The van der Waals surface area contributed by atoms with Crippen LogP contribution in [0.25, 0.3) is 11.3 Å². The van der Waals surface area contributed by atoms with E-state index in [4.69, 9.17) is 20.3 Å². The summed E-state index contributed by atoms with van der Waals surface area (Å²) in [5.41, 5.74) is 8.62. The van der Waals surface area contributed by atoms with Gasteiger partial charge in [-0.2, -0.15) is 5.10 Å². The molecule has 9 heteroatoms. The monoisotopic (exact) mass is 479 g/mol. The van der Waals surface area contributed by atoms with E-state index < -0.39 is 5.91 Å². The van der Waals surface area contributed by atoms with Crippen LogP contribution in [0.5, 0.6) is 11.5 Å². The van der Waals surface area contributed by atoms with Gasteiger partial charge in [0.25, 0.3) is 5.91 Å². The number of hydrogen-bond donors (Lipinski definition) is 2. The fraction of sp³-hybridized carbons (Fsp3) is 0.500. The molecule has 0 unspecified atom stereocenters. The minimum Gasteiger partial charge on any atom is -0.496 e. The van der Waals surface area contributed by atoms with E-state index in [1.54, 1.807) is 14.2 Å². The molecule has 0 spiro atoms. The summed E-state index contributed by atoms with van der Waals surface area (Å²) in [6, 6.07) is 3.99. The van der Waals surface area contributed by atoms with Crippen LogP contribution in [-0.2, 0) is 4.79 Å². The fourth-order valence-corrected chi connectivity index (χ4v) is 5.66. The van der Waals surface area contributed by atoms with Gasteiger partial charge in [0.05, 0.1) is 20.3 Å². The number of fused-ring (bicyclic) bond motifs is 1. The number of nitrogens with one attached hydrogen (secondary N) is 1. The summed E-state index contributed by atoms with van der Waals surface area (Å²) >= 11 is 0. The molecule has 1 aromatic heterocycles. The van der Waals surface area contributed by atoms with Crippen LogP contribution >= 0.6 is 0 Å². The minimum atomic E-state index is -0.523. The molecule has 1 aromatic carbocycles. The maximum absolute atomic E-state index is 12.7. The number of piperidine rings is 1. The number of carbonyl (C=O) groups is 2. The molecule has 1 saturated carbocycles. The topological polar surface area (TPSA) is 112 Å². The molecular weight excluding hydrogens is 446 g/mol. The molecule has 2 aromatic rings. The Bertz CT molecular complexity index is 1140. The zero-order valence-electron chi connectivity index (χ0n) is 20.4. The van der Waals surface area contributed by atoms with Crippen LogP contribution in [0.3, 0.4) is 0 Å². The molecule has 2 amide bonds. The Morgan fingerprint density at radius 2 is 1.77 bits per heavy atom. The minimum absolute atomic E-state index is 0.0237. The summed E-state index contributed by atoms with van der Waals surface area (Å²) in [6.45, 7) is 5.73. The maximum Gasteiger partial charge on any atom is 0.254 e. The van der Waals surface area contributed by atoms with E-state index in [0.29, 0.717) is 42.0 Å². The highest BCUT2D eigenvalue weighted by atomic mass is 16.5. The molecule has 3 N–H and O–H groups in total. The van der Waals surface area contributed by atoms with Gasteiger partial charge in [-0.15, -0.1) is 0 Å². The molecule has 5 rings (SSSR count). The van der Waals surface area contributed by atoms with Crippen LogP contribution in [0.1, 0.15) is 60.0 Å². The number of likely N-dealkylation sites (tertiary alicyclic amines) is 1. The van der Waals surface area contributed by atoms with Gasteiger partial charge in [0.2, 0.25) is 5.91 Å². The Balaban J connectivity index is 1.53. The number of primary amides is 1. The zero-order valence-corrected chi connectivity index (χ0v) is 20.4. The number of nitrogens with zero attached hydrogens (tertiary/aromatic N) is 3. The first kappa shape index (κ1) is 23.3. The second kappa shape index (κ2) is 9.28. The van der Waals surface area contributed by atoms with E-state index in [9.17, 15) is 9.59 Å². The largest absolute Gasteiger partial charge is 0.496 e. The lowest BCUT2D eigenvalue weighted by atomic mass is 9.87. The predicted octanol–water partition coefficient (Wildman–Crippen LogP) is 3.32. The van der Waals surface area contributed by atoms with Gasteiger partial charge in [0, 0.05) is 30.8 Å². The lowest BCUT2D eigenvalue weighted by molar-refractivity contribution is -0.127. The van der Waals surface area contributed by atoms with E-state index in [1.165, 1.54) is 6.08 Å². The van der Waals surface area contributed by atoms with Crippen LogP contribution in [0, 0.1) is 5.92 Å². The molecule has 0 radical (unpaired) electrons. The maximum atomic E-state index is 12.7. The van der Waals surface area contributed by atoms with E-state index in [1.807, 2.05) is 21.7 Å². The van der Waals surface area contributed by atoms with Crippen LogP contribution in [0.4, 0.5) is 5.82 Å². The molecular formula is C26H33N5O4. The summed E-state index contributed by atoms with van der Waals surface area (Å²) in [4.78, 5) is 26.5. The second-order valence-corrected chi connectivity index (χ2v) is 9.60. The smallest absolute Gasteiger partial charge is 0.254 e. The van der Waals surface area contributed by atoms with E-state index in [-0.39, 0.29) is 11.9 Å². The average molecular weight is 480 g/mol. The van der Waals surface area contributed by atoms with Gasteiger partial charge in [0.1, 0.15) is 28.6 Å². The van der Waals surface area contributed by atoms with Crippen molar-refractivity contribution >= 4 is 17.6 Å². The average Bonchev–Trinajstić information content (AvgIpc) is 3.65. The second-order valence-electron chi connectivity index (χ2n) is 9.60. The first-order valence-electron chi connectivity index (χ1n) is 12.3. The van der Waals surface area contributed by atoms with Gasteiger partial charge in [-0.3, -0.25) is 9.59 Å². The number of amides is 2. The number of nitrogens with two attached hydrogens (primary N) is 1. The van der Waals surface area contributed by atoms with E-state index >= 15 is 0 Å². The molecule has 2 fully saturated rings. The Morgan fingerprint density at radius 3 is 2.31 bits per heavy atom. The van der Waals surface area contributed by atoms with Gasteiger partial charge in [-0.1, -0.05) is 6.58 Å². The van der Waals surface area contributed by atoms with Gasteiger partial charge in [-0.05, 0) is 62.1 Å². The Labute approximate surface area is 205 Å². The number of ether oxygens (including phenoxy) is 2. The van der Waals surface area contributed by atoms with Crippen LogP contribution in [0.2, 0.25) is 0 Å². The van der Waals surface area contributed by atoms with Crippen LogP contribution in [0.15, 0.2) is 24.8 Å². The highest BCUT2D eigenvalue weighted by Crippen LogP contribution is 2.50. The Hall–Kier alpha value is -3.49. The van der Waals surface area contributed by atoms with E-state index in [0.717, 1.165) is 61.3 Å². The zero-order chi connectivity index (χ0) is 24.7. The number of benzene rings is 1. The number of rotatable bonds is 7. The highest BCUT2D eigenvalue weighted by Gasteiger charge is 2.37. The van der Waals surface area contributed by atoms with E-state index in [2.05, 4.69) is 11.9 Å². The molecule has 35 heavy (non-hydrogen) atoms. The lowest BCUT2D eigenvalue weighted by Crippen LogP contribution is -2.41. The number of aromatic nitrogens is 2.